The van der Waals surface area contributed by atoms with Crippen molar-refractivity contribution < 1.29 is 4.79 Å². The fourth-order valence-electron chi connectivity index (χ4n) is 5.44. The number of H-pyrrole nitrogens is 2. The molecule has 6 heterocycles. The summed E-state index contributed by atoms with van der Waals surface area (Å²) in [6.07, 6.45) is 10.7. The topological polar surface area (TPSA) is 112 Å². The van der Waals surface area contributed by atoms with Gasteiger partial charge in [0.15, 0.2) is 0 Å². The highest BCUT2D eigenvalue weighted by Gasteiger charge is 2.21. The molecule has 39 heavy (non-hydrogen) atoms. The number of carbonyl (C=O) groups is 1. The maximum absolute atomic E-state index is 12.8. The fourth-order valence-corrected chi connectivity index (χ4v) is 6.32. The van der Waals surface area contributed by atoms with Crippen molar-refractivity contribution in [3.05, 3.63) is 65.9 Å². The molecule has 0 spiro atoms. The molecule has 1 fully saturated rings. The molecule has 7 rings (SSSR count). The zero-order chi connectivity index (χ0) is 26.3. The lowest BCUT2D eigenvalue weighted by Gasteiger charge is -2.20. The molecule has 3 N–H and O–H groups in total. The number of carbonyl (C=O) groups excluding carboxylic acids is 1. The Kier molecular flexibility index (Phi) is 5.93. The number of amides is 1. The molecule has 0 aliphatic heterocycles. The van der Waals surface area contributed by atoms with Crippen molar-refractivity contribution in [2.75, 3.05) is 5.32 Å². The molecule has 0 bridgehead atoms. The van der Waals surface area contributed by atoms with Crippen LogP contribution in [-0.2, 0) is 4.79 Å². The fraction of sp³-hybridized carbons (Fsp3) is 0.233. The number of aromatic amines is 2. The van der Waals surface area contributed by atoms with Gasteiger partial charge < -0.3 is 10.3 Å². The van der Waals surface area contributed by atoms with Gasteiger partial charge in [0.25, 0.3) is 0 Å². The number of aryl methyl sites for hydroxylation is 1. The molecule has 0 atom stereocenters. The van der Waals surface area contributed by atoms with Gasteiger partial charge in [0.2, 0.25) is 5.91 Å². The summed E-state index contributed by atoms with van der Waals surface area (Å²) in [5, 5.41) is 11.8. The zero-order valence-electron chi connectivity index (χ0n) is 21.5. The van der Waals surface area contributed by atoms with E-state index in [1.807, 2.05) is 30.5 Å². The minimum Gasteiger partial charge on any atom is -0.353 e. The molecule has 0 unspecified atom stereocenters. The molecule has 0 aromatic carbocycles. The monoisotopic (exact) mass is 533 g/mol. The second kappa shape index (κ2) is 9.74. The van der Waals surface area contributed by atoms with Crippen molar-refractivity contribution in [2.45, 2.75) is 39.0 Å². The SMILES string of the molecule is Cc1ccc(-c2nccc3[nH]c(-c4n[nH]c5ccc(-c6cncc(NC(=O)C7CCCCC7)c6)nc45)cc23)s1. The Balaban J connectivity index is 1.22. The first-order valence-corrected chi connectivity index (χ1v) is 14.1. The van der Waals surface area contributed by atoms with Gasteiger partial charge in [0.05, 0.1) is 39.4 Å². The Labute approximate surface area is 228 Å². The summed E-state index contributed by atoms with van der Waals surface area (Å²) in [5.74, 6) is 0.167. The summed E-state index contributed by atoms with van der Waals surface area (Å²) in [7, 11) is 0. The van der Waals surface area contributed by atoms with Crippen LogP contribution in [0.25, 0.3) is 55.2 Å². The molecule has 1 amide bonds. The maximum Gasteiger partial charge on any atom is 0.227 e. The minimum absolute atomic E-state index is 0.0829. The lowest BCUT2D eigenvalue weighted by molar-refractivity contribution is -0.120. The second-order valence-electron chi connectivity index (χ2n) is 10.2. The standard InChI is InChI=1S/C30H27N7OS/c1-17-7-10-26(39-17)27-21-14-25(34-23(21)11-12-32-27)29-28-24(36-37-29)9-8-22(35-28)19-13-20(16-31-15-19)33-30(38)18-5-3-2-4-6-18/h7-16,18,34H,2-6H2,1H3,(H,33,38)(H,36,37). The molecular formula is C30H27N7OS. The van der Waals surface area contributed by atoms with Crippen LogP contribution in [0.4, 0.5) is 5.69 Å². The van der Waals surface area contributed by atoms with E-state index in [9.17, 15) is 4.79 Å². The number of pyridine rings is 3. The second-order valence-corrected chi connectivity index (χ2v) is 11.5. The summed E-state index contributed by atoms with van der Waals surface area (Å²) in [6, 6.07) is 14.2. The highest BCUT2D eigenvalue weighted by Crippen LogP contribution is 2.35. The average Bonchev–Trinajstić information content (AvgIpc) is 3.71. The molecule has 0 radical (unpaired) electrons. The molecule has 6 aromatic heterocycles. The van der Waals surface area contributed by atoms with Crippen LogP contribution in [0.3, 0.4) is 0 Å². The van der Waals surface area contributed by atoms with Crippen molar-refractivity contribution in [1.82, 2.24) is 30.1 Å². The van der Waals surface area contributed by atoms with Gasteiger partial charge in [-0.2, -0.15) is 5.10 Å². The molecule has 1 aliphatic rings. The summed E-state index contributed by atoms with van der Waals surface area (Å²) < 4.78 is 0. The van der Waals surface area contributed by atoms with Crippen LogP contribution < -0.4 is 5.32 Å². The first-order chi connectivity index (χ1) is 19.1. The number of nitrogens with one attached hydrogen (secondary N) is 3. The Hall–Kier alpha value is -4.37. The first kappa shape index (κ1) is 23.7. The Morgan fingerprint density at radius 2 is 1.90 bits per heavy atom. The van der Waals surface area contributed by atoms with E-state index in [4.69, 9.17) is 4.98 Å². The number of thiophene rings is 1. The van der Waals surface area contributed by atoms with Gasteiger partial charge in [0.1, 0.15) is 11.2 Å². The normalized spacial score (nSPS) is 14.3. The van der Waals surface area contributed by atoms with Gasteiger partial charge in [-0.3, -0.25) is 19.9 Å². The number of fused-ring (bicyclic) bond motifs is 2. The first-order valence-electron chi connectivity index (χ1n) is 13.3. The van der Waals surface area contributed by atoms with E-state index in [0.717, 1.165) is 80.8 Å². The van der Waals surface area contributed by atoms with Gasteiger partial charge in [-0.05, 0) is 62.2 Å². The van der Waals surface area contributed by atoms with E-state index in [2.05, 4.69) is 55.6 Å². The highest BCUT2D eigenvalue weighted by molar-refractivity contribution is 7.15. The molecule has 8 nitrogen and oxygen atoms in total. The summed E-state index contributed by atoms with van der Waals surface area (Å²) in [4.78, 5) is 32.7. The summed E-state index contributed by atoms with van der Waals surface area (Å²) in [5.41, 5.74) is 7.46. The Bertz CT molecular complexity index is 1830. The van der Waals surface area contributed by atoms with Gasteiger partial charge in [0, 0.05) is 39.7 Å². The number of hydrogen-bond donors (Lipinski definition) is 3. The Morgan fingerprint density at radius 3 is 2.74 bits per heavy atom. The van der Waals surface area contributed by atoms with Crippen LogP contribution in [0.1, 0.15) is 37.0 Å². The Morgan fingerprint density at radius 1 is 1.00 bits per heavy atom. The van der Waals surface area contributed by atoms with E-state index in [0.29, 0.717) is 5.69 Å². The van der Waals surface area contributed by atoms with Crippen molar-refractivity contribution in [3.63, 3.8) is 0 Å². The molecule has 6 aromatic rings. The smallest absolute Gasteiger partial charge is 0.227 e. The van der Waals surface area contributed by atoms with Crippen LogP contribution in [0.15, 0.2) is 61.1 Å². The molecule has 0 saturated heterocycles. The van der Waals surface area contributed by atoms with E-state index >= 15 is 0 Å². The quantitative estimate of drug-likeness (QED) is 0.218. The molecule has 1 aliphatic carbocycles. The van der Waals surface area contributed by atoms with E-state index in [1.54, 1.807) is 23.7 Å². The van der Waals surface area contributed by atoms with Gasteiger partial charge in [-0.1, -0.05) is 19.3 Å². The van der Waals surface area contributed by atoms with Crippen molar-refractivity contribution in [3.8, 4) is 33.2 Å². The third-order valence-corrected chi connectivity index (χ3v) is 8.47. The molecule has 9 heteroatoms. The third-order valence-electron chi connectivity index (χ3n) is 7.46. The summed E-state index contributed by atoms with van der Waals surface area (Å²) in [6.45, 7) is 2.10. The van der Waals surface area contributed by atoms with E-state index < -0.39 is 0 Å². The maximum atomic E-state index is 12.8. The minimum atomic E-state index is 0.0829. The lowest BCUT2D eigenvalue weighted by Crippen LogP contribution is -2.24. The predicted octanol–water partition coefficient (Wildman–Crippen LogP) is 7.12. The number of aromatic nitrogens is 6. The average molecular weight is 534 g/mol. The van der Waals surface area contributed by atoms with E-state index in [1.165, 1.54) is 11.3 Å². The number of rotatable bonds is 5. The third kappa shape index (κ3) is 4.48. The van der Waals surface area contributed by atoms with Crippen LogP contribution in [-0.4, -0.2) is 36.0 Å². The summed E-state index contributed by atoms with van der Waals surface area (Å²) >= 11 is 1.73. The number of nitrogens with zero attached hydrogens (tertiary/aromatic N) is 4. The zero-order valence-corrected chi connectivity index (χ0v) is 22.3. The van der Waals surface area contributed by atoms with Crippen LogP contribution in [0.2, 0.25) is 0 Å². The van der Waals surface area contributed by atoms with Crippen molar-refractivity contribution in [2.24, 2.45) is 5.92 Å². The van der Waals surface area contributed by atoms with E-state index in [-0.39, 0.29) is 11.8 Å². The van der Waals surface area contributed by atoms with Crippen molar-refractivity contribution >= 4 is 44.9 Å². The molecule has 1 saturated carbocycles. The molecule has 194 valence electrons. The number of anilines is 1. The number of hydrogen-bond acceptors (Lipinski definition) is 6. The van der Waals surface area contributed by atoms with Gasteiger partial charge >= 0.3 is 0 Å². The van der Waals surface area contributed by atoms with Crippen molar-refractivity contribution in [1.29, 1.82) is 0 Å². The van der Waals surface area contributed by atoms with Crippen LogP contribution in [0.5, 0.6) is 0 Å². The predicted molar refractivity (Wildman–Crippen MR) is 155 cm³/mol. The lowest BCUT2D eigenvalue weighted by atomic mass is 9.88. The van der Waals surface area contributed by atoms with Crippen LogP contribution >= 0.6 is 11.3 Å². The largest absolute Gasteiger partial charge is 0.353 e. The van der Waals surface area contributed by atoms with Gasteiger partial charge in [-0.25, -0.2) is 4.98 Å². The highest BCUT2D eigenvalue weighted by atomic mass is 32.1. The van der Waals surface area contributed by atoms with Gasteiger partial charge in [-0.15, -0.1) is 11.3 Å². The molecular weight excluding hydrogens is 506 g/mol. The van der Waals surface area contributed by atoms with Crippen LogP contribution in [0, 0.1) is 12.8 Å².